The van der Waals surface area contributed by atoms with Crippen LogP contribution in [0.1, 0.15) is 17.2 Å². The van der Waals surface area contributed by atoms with Crippen LogP contribution in [0, 0.1) is 15.9 Å². The van der Waals surface area contributed by atoms with Gasteiger partial charge in [-0.05, 0) is 29.3 Å². The van der Waals surface area contributed by atoms with E-state index in [9.17, 15) is 14.5 Å². The van der Waals surface area contributed by atoms with Crippen LogP contribution in [0.3, 0.4) is 0 Å². The lowest BCUT2D eigenvalue weighted by atomic mass is 9.97. The average Bonchev–Trinajstić information content (AvgIpc) is 2.64. The monoisotopic (exact) mass is 337 g/mol. The number of hydrogen-bond acceptors (Lipinski definition) is 4. The zero-order valence-corrected chi connectivity index (χ0v) is 13.5. The van der Waals surface area contributed by atoms with Gasteiger partial charge in [-0.3, -0.25) is 10.1 Å². The maximum atomic E-state index is 13.3. The zero-order chi connectivity index (χ0) is 17.8. The lowest BCUT2D eigenvalue weighted by Crippen LogP contribution is -2.26. The number of hydrogen-bond donors (Lipinski definition) is 0. The first-order valence-corrected chi connectivity index (χ1v) is 7.70. The van der Waals surface area contributed by atoms with Gasteiger partial charge in [0.15, 0.2) is 0 Å². The Morgan fingerprint density at radius 1 is 1.00 bits per heavy atom. The molecule has 0 aliphatic heterocycles. The Morgan fingerprint density at radius 2 is 1.64 bits per heavy atom. The minimum atomic E-state index is -0.481. The van der Waals surface area contributed by atoms with Crippen molar-refractivity contribution in [3.05, 3.63) is 100.0 Å². The molecular formula is C19H16FN3O2. The third-order valence-electron chi connectivity index (χ3n) is 3.99. The van der Waals surface area contributed by atoms with Crippen LogP contribution in [-0.2, 0) is 0 Å². The van der Waals surface area contributed by atoms with Gasteiger partial charge in [-0.25, -0.2) is 9.37 Å². The van der Waals surface area contributed by atoms with Gasteiger partial charge in [-0.2, -0.15) is 0 Å². The highest BCUT2D eigenvalue weighted by atomic mass is 19.1. The molecule has 5 nitrogen and oxygen atoms in total. The second kappa shape index (κ2) is 7.09. The number of halogens is 1. The van der Waals surface area contributed by atoms with Crippen molar-refractivity contribution in [1.29, 1.82) is 0 Å². The standard InChI is InChI=1S/C19H16FN3O2/c1-22(18-12-11-17(13-21-18)23(24)25)19(14-5-3-2-4-6-14)15-7-9-16(20)10-8-15/h2-13,19H,1H3. The molecule has 0 saturated carbocycles. The molecule has 1 unspecified atom stereocenters. The van der Waals surface area contributed by atoms with E-state index >= 15 is 0 Å². The molecule has 3 aromatic rings. The van der Waals surface area contributed by atoms with Crippen LogP contribution in [0.4, 0.5) is 15.9 Å². The summed E-state index contributed by atoms with van der Waals surface area (Å²) in [5, 5.41) is 10.8. The smallest absolute Gasteiger partial charge is 0.287 e. The normalized spacial score (nSPS) is 11.8. The first kappa shape index (κ1) is 16.6. The van der Waals surface area contributed by atoms with Crippen LogP contribution in [0.2, 0.25) is 0 Å². The molecule has 0 radical (unpaired) electrons. The highest BCUT2D eigenvalue weighted by Crippen LogP contribution is 2.31. The summed E-state index contributed by atoms with van der Waals surface area (Å²) in [5.41, 5.74) is 1.85. The first-order valence-electron chi connectivity index (χ1n) is 7.70. The van der Waals surface area contributed by atoms with Gasteiger partial charge in [0.1, 0.15) is 17.8 Å². The Bertz CT molecular complexity index is 852. The SMILES string of the molecule is CN(c1ccc([N+](=O)[O-])cn1)C(c1ccccc1)c1ccc(F)cc1. The van der Waals surface area contributed by atoms with Gasteiger partial charge in [-0.1, -0.05) is 42.5 Å². The van der Waals surface area contributed by atoms with Crippen LogP contribution in [0.25, 0.3) is 0 Å². The van der Waals surface area contributed by atoms with E-state index in [4.69, 9.17) is 0 Å². The van der Waals surface area contributed by atoms with Gasteiger partial charge < -0.3 is 4.90 Å². The minimum Gasteiger partial charge on any atom is -0.349 e. The Balaban J connectivity index is 2.01. The molecule has 0 saturated heterocycles. The number of benzene rings is 2. The predicted molar refractivity (Wildman–Crippen MR) is 94.0 cm³/mol. The van der Waals surface area contributed by atoms with Gasteiger partial charge >= 0.3 is 0 Å². The lowest BCUT2D eigenvalue weighted by Gasteiger charge is -2.30. The highest BCUT2D eigenvalue weighted by molar-refractivity contribution is 5.48. The quantitative estimate of drug-likeness (QED) is 0.513. The van der Waals surface area contributed by atoms with E-state index < -0.39 is 4.92 Å². The van der Waals surface area contributed by atoms with Crippen molar-refractivity contribution in [3.63, 3.8) is 0 Å². The third-order valence-corrected chi connectivity index (χ3v) is 3.99. The van der Waals surface area contributed by atoms with E-state index in [-0.39, 0.29) is 17.5 Å². The van der Waals surface area contributed by atoms with Crippen molar-refractivity contribution in [3.8, 4) is 0 Å². The molecule has 0 aliphatic carbocycles. The van der Waals surface area contributed by atoms with Crippen LogP contribution in [-0.4, -0.2) is 17.0 Å². The van der Waals surface area contributed by atoms with Crippen LogP contribution >= 0.6 is 0 Å². The van der Waals surface area contributed by atoms with Crippen LogP contribution in [0.5, 0.6) is 0 Å². The predicted octanol–water partition coefficient (Wildman–Crippen LogP) is 4.35. The summed E-state index contributed by atoms with van der Waals surface area (Å²) < 4.78 is 13.3. The lowest BCUT2D eigenvalue weighted by molar-refractivity contribution is -0.385. The van der Waals surface area contributed by atoms with Gasteiger partial charge in [0.2, 0.25) is 0 Å². The van der Waals surface area contributed by atoms with Crippen molar-refractivity contribution < 1.29 is 9.31 Å². The van der Waals surface area contributed by atoms with E-state index in [0.29, 0.717) is 5.82 Å². The van der Waals surface area contributed by atoms with Gasteiger partial charge in [0.05, 0.1) is 11.0 Å². The van der Waals surface area contributed by atoms with Crippen molar-refractivity contribution in [2.45, 2.75) is 6.04 Å². The summed E-state index contributed by atoms with van der Waals surface area (Å²) in [6, 6.07) is 18.9. The topological polar surface area (TPSA) is 59.3 Å². The fourth-order valence-electron chi connectivity index (χ4n) is 2.75. The van der Waals surface area contributed by atoms with Crippen molar-refractivity contribution in [2.24, 2.45) is 0 Å². The minimum absolute atomic E-state index is 0.0600. The molecular weight excluding hydrogens is 321 g/mol. The molecule has 126 valence electrons. The number of pyridine rings is 1. The number of nitro groups is 1. The van der Waals surface area contributed by atoms with Crippen molar-refractivity contribution in [2.75, 3.05) is 11.9 Å². The van der Waals surface area contributed by atoms with Gasteiger partial charge in [0, 0.05) is 13.1 Å². The summed E-state index contributed by atoms with van der Waals surface area (Å²) in [7, 11) is 1.86. The molecule has 1 atom stereocenters. The molecule has 1 heterocycles. The van der Waals surface area contributed by atoms with Crippen LogP contribution in [0.15, 0.2) is 72.9 Å². The second-order valence-electron chi connectivity index (χ2n) is 5.61. The molecule has 0 bridgehead atoms. The molecule has 0 spiro atoms. The van der Waals surface area contributed by atoms with Crippen LogP contribution < -0.4 is 4.90 Å². The largest absolute Gasteiger partial charge is 0.349 e. The molecule has 6 heteroatoms. The molecule has 2 aromatic carbocycles. The van der Waals surface area contributed by atoms with Crippen molar-refractivity contribution in [1.82, 2.24) is 4.98 Å². The summed E-state index contributed by atoms with van der Waals surface area (Å²) >= 11 is 0. The highest BCUT2D eigenvalue weighted by Gasteiger charge is 2.21. The Labute approximate surface area is 144 Å². The fraction of sp³-hybridized carbons (Fsp3) is 0.105. The summed E-state index contributed by atoms with van der Waals surface area (Å²) in [6.07, 6.45) is 1.23. The Kier molecular flexibility index (Phi) is 4.70. The average molecular weight is 337 g/mol. The molecule has 0 amide bonds. The zero-order valence-electron chi connectivity index (χ0n) is 13.5. The maximum Gasteiger partial charge on any atom is 0.287 e. The third kappa shape index (κ3) is 3.63. The first-order chi connectivity index (χ1) is 12.1. The number of anilines is 1. The summed E-state index contributed by atoms with van der Waals surface area (Å²) in [4.78, 5) is 16.4. The van der Waals surface area contributed by atoms with Gasteiger partial charge in [-0.15, -0.1) is 0 Å². The van der Waals surface area contributed by atoms with E-state index in [1.165, 1.54) is 24.4 Å². The molecule has 0 aliphatic rings. The van der Waals surface area contributed by atoms with E-state index in [2.05, 4.69) is 4.98 Å². The molecule has 3 rings (SSSR count). The van der Waals surface area contributed by atoms with Crippen molar-refractivity contribution >= 4 is 11.5 Å². The molecule has 0 fully saturated rings. The Hall–Kier alpha value is -3.28. The molecule has 0 N–H and O–H groups in total. The molecule has 25 heavy (non-hydrogen) atoms. The fourth-order valence-corrected chi connectivity index (χ4v) is 2.75. The van der Waals surface area contributed by atoms with E-state index in [1.54, 1.807) is 18.2 Å². The van der Waals surface area contributed by atoms with E-state index in [0.717, 1.165) is 11.1 Å². The summed E-state index contributed by atoms with van der Waals surface area (Å²) in [6.45, 7) is 0. The Morgan fingerprint density at radius 3 is 2.20 bits per heavy atom. The van der Waals surface area contributed by atoms with E-state index in [1.807, 2.05) is 42.3 Å². The van der Waals surface area contributed by atoms with Gasteiger partial charge in [0.25, 0.3) is 5.69 Å². The maximum absolute atomic E-state index is 13.3. The number of rotatable bonds is 5. The number of aromatic nitrogens is 1. The summed E-state index contributed by atoms with van der Waals surface area (Å²) in [5.74, 6) is 0.287. The second-order valence-corrected chi connectivity index (χ2v) is 5.61. The molecule has 1 aromatic heterocycles. The number of nitrogens with zero attached hydrogens (tertiary/aromatic N) is 3.